The largest absolute Gasteiger partial charge is 0.442 e. The molecule has 0 spiro atoms. The van der Waals surface area contributed by atoms with E-state index in [0.717, 1.165) is 17.0 Å². The molecule has 1 aliphatic rings. The summed E-state index contributed by atoms with van der Waals surface area (Å²) in [6.45, 7) is 1.57. The van der Waals surface area contributed by atoms with Crippen LogP contribution in [-0.4, -0.2) is 36.2 Å². The number of carbonyl (C=O) groups is 2. The van der Waals surface area contributed by atoms with Gasteiger partial charge in [0.1, 0.15) is 17.7 Å². The first-order valence-corrected chi connectivity index (χ1v) is 7.57. The topological polar surface area (TPSA) is 71.5 Å². The van der Waals surface area contributed by atoms with Crippen molar-refractivity contribution in [1.29, 1.82) is 0 Å². The number of aromatic nitrogens is 1. The molecular formula is C17H15F2N3O3. The Hall–Kier alpha value is -3.03. The molecule has 1 aromatic carbocycles. The fraction of sp³-hybridized carbons (Fsp3) is 0.235. The molecule has 1 fully saturated rings. The van der Waals surface area contributed by atoms with Crippen molar-refractivity contribution in [3.05, 3.63) is 48.3 Å². The van der Waals surface area contributed by atoms with E-state index in [1.54, 1.807) is 12.1 Å². The first kappa shape index (κ1) is 16.8. The lowest BCUT2D eigenvalue weighted by atomic mass is 10.1. The van der Waals surface area contributed by atoms with Gasteiger partial charge in [0.05, 0.1) is 24.3 Å². The van der Waals surface area contributed by atoms with Crippen molar-refractivity contribution in [2.24, 2.45) is 0 Å². The highest BCUT2D eigenvalue weighted by atomic mass is 19.1. The van der Waals surface area contributed by atoms with Gasteiger partial charge in [0.15, 0.2) is 0 Å². The summed E-state index contributed by atoms with van der Waals surface area (Å²) in [4.78, 5) is 27.8. The second kappa shape index (κ2) is 6.84. The number of hydrogen-bond acceptors (Lipinski definition) is 4. The quantitative estimate of drug-likeness (QED) is 0.922. The highest BCUT2D eigenvalue weighted by molar-refractivity contribution is 5.90. The fourth-order valence-corrected chi connectivity index (χ4v) is 2.60. The number of amides is 2. The Bertz CT molecular complexity index is 791. The number of nitrogens with one attached hydrogen (secondary N) is 1. The SMILES string of the molecule is CC(=O)NCC1CN(c2cc(F)c(-c3cccnc3)c(F)c2)C(=O)O1. The summed E-state index contributed by atoms with van der Waals surface area (Å²) in [6.07, 6.45) is 1.56. The van der Waals surface area contributed by atoms with Crippen LogP contribution in [0.1, 0.15) is 6.92 Å². The summed E-state index contributed by atoms with van der Waals surface area (Å²) >= 11 is 0. The number of nitrogens with zero attached hydrogens (tertiary/aromatic N) is 2. The first-order valence-electron chi connectivity index (χ1n) is 7.57. The van der Waals surface area contributed by atoms with Crippen LogP contribution in [0.4, 0.5) is 19.3 Å². The first-order chi connectivity index (χ1) is 12.0. The second-order valence-corrected chi connectivity index (χ2v) is 5.58. The number of rotatable bonds is 4. The molecule has 130 valence electrons. The maximum Gasteiger partial charge on any atom is 0.414 e. The van der Waals surface area contributed by atoms with Gasteiger partial charge >= 0.3 is 6.09 Å². The van der Waals surface area contributed by atoms with Crippen LogP contribution in [-0.2, 0) is 9.53 Å². The van der Waals surface area contributed by atoms with Gasteiger partial charge in [-0.15, -0.1) is 0 Å². The van der Waals surface area contributed by atoms with Crippen LogP contribution in [0.15, 0.2) is 36.7 Å². The van der Waals surface area contributed by atoms with Crippen molar-refractivity contribution in [1.82, 2.24) is 10.3 Å². The van der Waals surface area contributed by atoms with Crippen molar-refractivity contribution in [3.8, 4) is 11.1 Å². The van der Waals surface area contributed by atoms with Crippen LogP contribution >= 0.6 is 0 Å². The molecule has 1 aromatic heterocycles. The summed E-state index contributed by atoms with van der Waals surface area (Å²) < 4.78 is 33.9. The second-order valence-electron chi connectivity index (χ2n) is 5.58. The molecule has 8 heteroatoms. The molecule has 1 atom stereocenters. The van der Waals surface area contributed by atoms with Crippen molar-refractivity contribution in [2.45, 2.75) is 13.0 Å². The molecule has 0 bridgehead atoms. The molecule has 3 rings (SSSR count). The molecular weight excluding hydrogens is 332 g/mol. The van der Waals surface area contributed by atoms with Gasteiger partial charge in [-0.05, 0) is 18.2 Å². The van der Waals surface area contributed by atoms with E-state index in [2.05, 4.69) is 10.3 Å². The van der Waals surface area contributed by atoms with E-state index in [1.165, 1.54) is 19.3 Å². The summed E-state index contributed by atoms with van der Waals surface area (Å²) in [5.41, 5.74) is 0.147. The average molecular weight is 347 g/mol. The minimum absolute atomic E-state index is 0.0537. The third-order valence-corrected chi connectivity index (χ3v) is 3.74. The highest BCUT2D eigenvalue weighted by Crippen LogP contribution is 2.31. The van der Waals surface area contributed by atoms with E-state index in [9.17, 15) is 18.4 Å². The van der Waals surface area contributed by atoms with E-state index < -0.39 is 23.8 Å². The van der Waals surface area contributed by atoms with Crippen LogP contribution in [0, 0.1) is 11.6 Å². The minimum Gasteiger partial charge on any atom is -0.442 e. The van der Waals surface area contributed by atoms with Crippen molar-refractivity contribution in [2.75, 3.05) is 18.0 Å². The van der Waals surface area contributed by atoms with Gasteiger partial charge in [-0.1, -0.05) is 6.07 Å². The number of hydrogen-bond donors (Lipinski definition) is 1. The summed E-state index contributed by atoms with van der Waals surface area (Å²) in [6, 6.07) is 5.27. The molecule has 2 amide bonds. The monoisotopic (exact) mass is 347 g/mol. The van der Waals surface area contributed by atoms with Gasteiger partial charge in [0.2, 0.25) is 5.91 Å². The molecule has 1 saturated heterocycles. The smallest absolute Gasteiger partial charge is 0.414 e. The summed E-state index contributed by atoms with van der Waals surface area (Å²) in [5, 5.41) is 2.54. The average Bonchev–Trinajstić information content (AvgIpc) is 2.94. The van der Waals surface area contributed by atoms with Gasteiger partial charge in [-0.3, -0.25) is 14.7 Å². The Balaban J connectivity index is 1.84. The van der Waals surface area contributed by atoms with E-state index in [-0.39, 0.29) is 30.2 Å². The molecule has 2 heterocycles. The van der Waals surface area contributed by atoms with Gasteiger partial charge < -0.3 is 10.1 Å². The van der Waals surface area contributed by atoms with Crippen LogP contribution in [0.5, 0.6) is 0 Å². The summed E-state index contributed by atoms with van der Waals surface area (Å²) in [5.74, 6) is -1.87. The number of anilines is 1. The molecule has 0 aliphatic carbocycles. The standard InChI is InChI=1S/C17H15F2N3O3/c1-10(23)21-8-13-9-22(17(24)25-13)12-5-14(18)16(15(19)6-12)11-3-2-4-20-7-11/h2-7,13H,8-9H2,1H3,(H,21,23). The van der Waals surface area contributed by atoms with Gasteiger partial charge in [0.25, 0.3) is 0 Å². The highest BCUT2D eigenvalue weighted by Gasteiger charge is 2.33. The molecule has 0 saturated carbocycles. The lowest BCUT2D eigenvalue weighted by Gasteiger charge is -2.15. The zero-order valence-corrected chi connectivity index (χ0v) is 13.3. The lowest BCUT2D eigenvalue weighted by Crippen LogP contribution is -2.33. The van der Waals surface area contributed by atoms with Crippen molar-refractivity contribution >= 4 is 17.7 Å². The Morgan fingerprint density at radius 2 is 2.12 bits per heavy atom. The van der Waals surface area contributed by atoms with Crippen LogP contribution in [0.2, 0.25) is 0 Å². The number of halogens is 2. The number of ether oxygens (including phenoxy) is 1. The zero-order valence-electron chi connectivity index (χ0n) is 13.3. The van der Waals surface area contributed by atoms with E-state index in [4.69, 9.17) is 4.74 Å². The Kier molecular flexibility index (Phi) is 4.60. The van der Waals surface area contributed by atoms with Gasteiger partial charge in [0, 0.05) is 24.9 Å². The minimum atomic E-state index is -0.805. The number of pyridine rings is 1. The third kappa shape index (κ3) is 3.57. The third-order valence-electron chi connectivity index (χ3n) is 3.74. The molecule has 1 aliphatic heterocycles. The lowest BCUT2D eigenvalue weighted by molar-refractivity contribution is -0.119. The maximum atomic E-state index is 14.4. The molecule has 25 heavy (non-hydrogen) atoms. The molecule has 1 unspecified atom stereocenters. The van der Waals surface area contributed by atoms with E-state index >= 15 is 0 Å². The predicted molar refractivity (Wildman–Crippen MR) is 85.9 cm³/mol. The van der Waals surface area contributed by atoms with Crippen molar-refractivity contribution < 1.29 is 23.1 Å². The predicted octanol–water partition coefficient (Wildman–Crippen LogP) is 2.49. The van der Waals surface area contributed by atoms with Crippen LogP contribution in [0.25, 0.3) is 11.1 Å². The van der Waals surface area contributed by atoms with Gasteiger partial charge in [-0.25, -0.2) is 13.6 Å². The molecule has 2 aromatic rings. The Labute approximate surface area is 142 Å². The maximum absolute atomic E-state index is 14.4. The van der Waals surface area contributed by atoms with E-state index in [0.29, 0.717) is 5.56 Å². The zero-order chi connectivity index (χ0) is 18.0. The summed E-state index contributed by atoms with van der Waals surface area (Å²) in [7, 11) is 0. The number of benzene rings is 1. The number of cyclic esters (lactones) is 1. The molecule has 1 N–H and O–H groups in total. The Morgan fingerprint density at radius 1 is 1.40 bits per heavy atom. The fourth-order valence-electron chi connectivity index (χ4n) is 2.60. The van der Waals surface area contributed by atoms with E-state index in [1.807, 2.05) is 0 Å². The van der Waals surface area contributed by atoms with Crippen LogP contribution < -0.4 is 10.2 Å². The molecule has 6 nitrogen and oxygen atoms in total. The van der Waals surface area contributed by atoms with Gasteiger partial charge in [-0.2, -0.15) is 0 Å². The molecule has 0 radical (unpaired) electrons. The van der Waals surface area contributed by atoms with Crippen molar-refractivity contribution in [3.63, 3.8) is 0 Å². The number of carbonyl (C=O) groups excluding carboxylic acids is 2. The normalized spacial score (nSPS) is 16.7. The Morgan fingerprint density at radius 3 is 2.72 bits per heavy atom. The van der Waals surface area contributed by atoms with Crippen LogP contribution in [0.3, 0.4) is 0 Å².